The van der Waals surface area contributed by atoms with Crippen LogP contribution in [0.5, 0.6) is 0 Å². The SMILES string of the molecule is CCC(NC)c1nc(Cc2ccc(Cl)c(Cl)c2)no1. The molecule has 0 radical (unpaired) electrons. The van der Waals surface area contributed by atoms with Crippen LogP contribution in [0.25, 0.3) is 0 Å². The Labute approximate surface area is 122 Å². The number of aromatic nitrogens is 2. The number of benzene rings is 1. The van der Waals surface area contributed by atoms with Crippen LogP contribution in [0.4, 0.5) is 0 Å². The monoisotopic (exact) mass is 299 g/mol. The van der Waals surface area contributed by atoms with Crippen molar-refractivity contribution in [3.05, 3.63) is 45.5 Å². The van der Waals surface area contributed by atoms with Gasteiger partial charge in [0, 0.05) is 6.42 Å². The topological polar surface area (TPSA) is 51.0 Å². The summed E-state index contributed by atoms with van der Waals surface area (Å²) in [4.78, 5) is 4.38. The first kappa shape index (κ1) is 14.3. The normalized spacial score (nSPS) is 12.6. The molecular weight excluding hydrogens is 285 g/mol. The summed E-state index contributed by atoms with van der Waals surface area (Å²) < 4.78 is 5.25. The molecule has 2 aromatic rings. The van der Waals surface area contributed by atoms with Gasteiger partial charge in [-0.3, -0.25) is 0 Å². The van der Waals surface area contributed by atoms with Crippen molar-refractivity contribution in [1.82, 2.24) is 15.5 Å². The number of nitrogens with one attached hydrogen (secondary N) is 1. The van der Waals surface area contributed by atoms with Crippen LogP contribution in [0.3, 0.4) is 0 Å². The van der Waals surface area contributed by atoms with Crippen molar-refractivity contribution in [2.45, 2.75) is 25.8 Å². The highest BCUT2D eigenvalue weighted by atomic mass is 35.5. The molecule has 1 N–H and O–H groups in total. The largest absolute Gasteiger partial charge is 0.338 e. The third-order valence-corrected chi connectivity index (χ3v) is 3.62. The molecule has 1 heterocycles. The molecule has 2 rings (SSSR count). The Morgan fingerprint density at radius 3 is 2.74 bits per heavy atom. The lowest BCUT2D eigenvalue weighted by Crippen LogP contribution is -2.15. The molecule has 0 fully saturated rings. The Morgan fingerprint density at radius 1 is 1.32 bits per heavy atom. The molecule has 1 aromatic carbocycles. The first-order valence-corrected chi connectivity index (χ1v) is 6.83. The Balaban J connectivity index is 2.13. The minimum Gasteiger partial charge on any atom is -0.338 e. The third-order valence-electron chi connectivity index (χ3n) is 2.88. The van der Waals surface area contributed by atoms with Gasteiger partial charge in [-0.15, -0.1) is 0 Å². The zero-order valence-electron chi connectivity index (χ0n) is 10.8. The van der Waals surface area contributed by atoms with Crippen molar-refractivity contribution in [3.8, 4) is 0 Å². The van der Waals surface area contributed by atoms with Gasteiger partial charge in [0.05, 0.1) is 16.1 Å². The van der Waals surface area contributed by atoms with E-state index in [2.05, 4.69) is 22.4 Å². The quantitative estimate of drug-likeness (QED) is 0.916. The van der Waals surface area contributed by atoms with Gasteiger partial charge in [0.2, 0.25) is 5.89 Å². The minimum atomic E-state index is 0.0926. The van der Waals surface area contributed by atoms with Crippen molar-refractivity contribution in [2.75, 3.05) is 7.05 Å². The van der Waals surface area contributed by atoms with E-state index in [0.29, 0.717) is 28.2 Å². The van der Waals surface area contributed by atoms with Crippen molar-refractivity contribution >= 4 is 23.2 Å². The Bertz CT molecular complexity index is 553. The van der Waals surface area contributed by atoms with Crippen LogP contribution in [0, 0.1) is 0 Å². The van der Waals surface area contributed by atoms with E-state index in [4.69, 9.17) is 27.7 Å². The van der Waals surface area contributed by atoms with E-state index in [-0.39, 0.29) is 6.04 Å². The molecule has 1 unspecified atom stereocenters. The van der Waals surface area contributed by atoms with Crippen LogP contribution in [-0.2, 0) is 6.42 Å². The van der Waals surface area contributed by atoms with Crippen LogP contribution in [0.2, 0.25) is 10.0 Å². The first-order valence-electron chi connectivity index (χ1n) is 6.07. The fourth-order valence-corrected chi connectivity index (χ4v) is 2.14. The Kier molecular flexibility index (Phi) is 4.80. The second-order valence-electron chi connectivity index (χ2n) is 4.22. The molecular formula is C13H15Cl2N3O. The predicted molar refractivity (Wildman–Crippen MR) is 75.7 cm³/mol. The molecule has 0 aliphatic heterocycles. The molecule has 1 atom stereocenters. The zero-order chi connectivity index (χ0) is 13.8. The Hall–Kier alpha value is -1.10. The lowest BCUT2D eigenvalue weighted by molar-refractivity contribution is 0.331. The number of hydrogen-bond acceptors (Lipinski definition) is 4. The summed E-state index contributed by atoms with van der Waals surface area (Å²) in [5, 5.41) is 8.18. The molecule has 0 amide bonds. The van der Waals surface area contributed by atoms with Crippen LogP contribution >= 0.6 is 23.2 Å². The average molecular weight is 300 g/mol. The lowest BCUT2D eigenvalue weighted by Gasteiger charge is -2.06. The van der Waals surface area contributed by atoms with E-state index >= 15 is 0 Å². The van der Waals surface area contributed by atoms with Crippen LogP contribution in [0.1, 0.15) is 36.7 Å². The van der Waals surface area contributed by atoms with Gasteiger partial charge < -0.3 is 9.84 Å². The van der Waals surface area contributed by atoms with Gasteiger partial charge in [0.15, 0.2) is 5.82 Å². The summed E-state index contributed by atoms with van der Waals surface area (Å²) in [5.41, 5.74) is 0.999. The summed E-state index contributed by atoms with van der Waals surface area (Å²) in [6.45, 7) is 2.06. The van der Waals surface area contributed by atoms with E-state index < -0.39 is 0 Å². The summed E-state index contributed by atoms with van der Waals surface area (Å²) >= 11 is 11.9. The molecule has 19 heavy (non-hydrogen) atoms. The van der Waals surface area contributed by atoms with Gasteiger partial charge in [0.25, 0.3) is 0 Å². The van der Waals surface area contributed by atoms with Crippen molar-refractivity contribution in [2.24, 2.45) is 0 Å². The lowest BCUT2D eigenvalue weighted by atomic mass is 10.1. The fraction of sp³-hybridized carbons (Fsp3) is 0.385. The van der Waals surface area contributed by atoms with Gasteiger partial charge in [0.1, 0.15) is 0 Å². The van der Waals surface area contributed by atoms with Crippen molar-refractivity contribution in [3.63, 3.8) is 0 Å². The molecule has 6 heteroatoms. The van der Waals surface area contributed by atoms with E-state index in [0.717, 1.165) is 12.0 Å². The van der Waals surface area contributed by atoms with Crippen LogP contribution < -0.4 is 5.32 Å². The number of rotatable bonds is 5. The summed E-state index contributed by atoms with van der Waals surface area (Å²) in [7, 11) is 1.87. The zero-order valence-corrected chi connectivity index (χ0v) is 12.3. The average Bonchev–Trinajstić information content (AvgIpc) is 2.84. The van der Waals surface area contributed by atoms with E-state index in [1.165, 1.54) is 0 Å². The number of nitrogens with zero attached hydrogens (tertiary/aromatic N) is 2. The maximum Gasteiger partial charge on any atom is 0.243 e. The van der Waals surface area contributed by atoms with E-state index in [1.54, 1.807) is 6.07 Å². The smallest absolute Gasteiger partial charge is 0.243 e. The van der Waals surface area contributed by atoms with Gasteiger partial charge >= 0.3 is 0 Å². The molecule has 1 aromatic heterocycles. The molecule has 0 saturated carbocycles. The highest BCUT2D eigenvalue weighted by Gasteiger charge is 2.15. The fourth-order valence-electron chi connectivity index (χ4n) is 1.82. The number of halogens is 2. The van der Waals surface area contributed by atoms with Gasteiger partial charge in [-0.05, 0) is 31.2 Å². The maximum absolute atomic E-state index is 5.97. The van der Waals surface area contributed by atoms with Gasteiger partial charge in [-0.1, -0.05) is 41.3 Å². The molecule has 0 aliphatic carbocycles. The molecule has 102 valence electrons. The second-order valence-corrected chi connectivity index (χ2v) is 5.04. The van der Waals surface area contributed by atoms with Gasteiger partial charge in [-0.25, -0.2) is 0 Å². The van der Waals surface area contributed by atoms with Crippen LogP contribution in [0.15, 0.2) is 22.7 Å². The summed E-state index contributed by atoms with van der Waals surface area (Å²) in [5.74, 6) is 1.25. The third kappa shape index (κ3) is 3.47. The highest BCUT2D eigenvalue weighted by molar-refractivity contribution is 6.42. The van der Waals surface area contributed by atoms with Crippen molar-refractivity contribution < 1.29 is 4.52 Å². The standard InChI is InChI=1S/C13H15Cl2N3O/c1-3-11(16-2)13-17-12(18-19-13)7-8-4-5-9(14)10(15)6-8/h4-6,11,16H,3,7H2,1-2H3. The highest BCUT2D eigenvalue weighted by Crippen LogP contribution is 2.23. The summed E-state index contributed by atoms with van der Waals surface area (Å²) in [6, 6.07) is 5.58. The maximum atomic E-state index is 5.97. The van der Waals surface area contributed by atoms with Gasteiger partial charge in [-0.2, -0.15) is 4.98 Å². The molecule has 0 saturated heterocycles. The van der Waals surface area contributed by atoms with E-state index in [9.17, 15) is 0 Å². The minimum absolute atomic E-state index is 0.0926. The molecule has 4 nitrogen and oxygen atoms in total. The predicted octanol–water partition coefficient (Wildman–Crippen LogP) is 3.64. The molecule has 0 aliphatic rings. The number of hydrogen-bond donors (Lipinski definition) is 1. The van der Waals surface area contributed by atoms with Crippen LogP contribution in [-0.4, -0.2) is 17.2 Å². The molecule has 0 spiro atoms. The summed E-state index contributed by atoms with van der Waals surface area (Å²) in [6.07, 6.45) is 1.46. The second kappa shape index (κ2) is 6.37. The molecule has 0 bridgehead atoms. The first-order chi connectivity index (χ1) is 9.13. The van der Waals surface area contributed by atoms with E-state index in [1.807, 2.05) is 19.2 Å². The Morgan fingerprint density at radius 2 is 2.11 bits per heavy atom. The van der Waals surface area contributed by atoms with Crippen molar-refractivity contribution in [1.29, 1.82) is 0 Å².